The summed E-state index contributed by atoms with van der Waals surface area (Å²) in [4.78, 5) is 9.69. The Bertz CT molecular complexity index is 399. The summed E-state index contributed by atoms with van der Waals surface area (Å²) in [5, 5.41) is 0. The number of nitrogens with two attached hydrogens (primary N) is 1. The second-order valence-electron chi connectivity index (χ2n) is 5.84. The van der Waals surface area contributed by atoms with E-state index < -0.39 is 0 Å². The van der Waals surface area contributed by atoms with Crippen LogP contribution in [-0.2, 0) is 4.79 Å². The average molecular weight is 342 g/mol. The number of rotatable bonds is 5. The Hall–Kier alpha value is -1.22. The summed E-state index contributed by atoms with van der Waals surface area (Å²) in [5.74, 6) is 0.871. The predicted molar refractivity (Wildman–Crippen MR) is 106 cm³/mol. The molecule has 0 unspecified atom stereocenters. The smallest absolute Gasteiger partial charge is 0.143 e. The highest BCUT2D eigenvalue weighted by Crippen LogP contribution is 2.10. The largest absolute Gasteiger partial charge is 0.324 e. The van der Waals surface area contributed by atoms with Gasteiger partial charge in [0.25, 0.3) is 0 Å². The van der Waals surface area contributed by atoms with E-state index in [1.807, 2.05) is 26.8 Å². The van der Waals surface area contributed by atoms with Crippen LogP contribution in [0.25, 0.3) is 0 Å². The molecule has 0 amide bonds. The zero-order chi connectivity index (χ0) is 19.5. The summed E-state index contributed by atoms with van der Waals surface area (Å²) in [6.07, 6.45) is 5.52. The van der Waals surface area contributed by atoms with E-state index in [9.17, 15) is 9.18 Å². The molecule has 0 heterocycles. The Morgan fingerprint density at radius 3 is 1.79 bits per heavy atom. The van der Waals surface area contributed by atoms with Crippen molar-refractivity contribution in [1.82, 2.24) is 0 Å². The summed E-state index contributed by atoms with van der Waals surface area (Å²) in [7, 11) is 0. The summed E-state index contributed by atoms with van der Waals surface area (Å²) in [6, 6.07) is 5.09. The van der Waals surface area contributed by atoms with E-state index in [1.54, 1.807) is 13.0 Å². The van der Waals surface area contributed by atoms with Crippen LogP contribution in [0.4, 0.5) is 4.39 Å². The molecule has 0 aliphatic rings. The Morgan fingerprint density at radius 2 is 1.54 bits per heavy atom. The highest BCUT2D eigenvalue weighted by Gasteiger charge is 1.95. The number of ketones is 1. The van der Waals surface area contributed by atoms with Gasteiger partial charge in [0, 0.05) is 0 Å². The molecule has 0 radical (unpaired) electrons. The second kappa shape index (κ2) is 19.8. The predicted octanol–water partition coefficient (Wildman–Crippen LogP) is 6.23. The third kappa shape index (κ3) is 20.8. The molecule has 1 aromatic rings. The van der Waals surface area contributed by atoms with Crippen molar-refractivity contribution in [2.75, 3.05) is 6.54 Å². The molecular formula is C21H40FNO. The number of halogens is 1. The fourth-order valence-corrected chi connectivity index (χ4v) is 1.92. The van der Waals surface area contributed by atoms with Gasteiger partial charge in [-0.25, -0.2) is 4.39 Å². The highest BCUT2D eigenvalue weighted by molar-refractivity contribution is 5.77. The zero-order valence-electron chi connectivity index (χ0n) is 17.2. The third-order valence-corrected chi connectivity index (χ3v) is 3.16. The van der Waals surface area contributed by atoms with Crippen LogP contribution >= 0.6 is 0 Å². The van der Waals surface area contributed by atoms with Gasteiger partial charge in [-0.3, -0.25) is 4.79 Å². The van der Waals surface area contributed by atoms with Crippen molar-refractivity contribution < 1.29 is 9.18 Å². The second-order valence-corrected chi connectivity index (χ2v) is 5.84. The van der Waals surface area contributed by atoms with Gasteiger partial charge < -0.3 is 5.73 Å². The van der Waals surface area contributed by atoms with E-state index in [1.165, 1.54) is 38.7 Å². The van der Waals surface area contributed by atoms with Gasteiger partial charge in [0.1, 0.15) is 11.6 Å². The number of benzene rings is 1. The van der Waals surface area contributed by atoms with Gasteiger partial charge in [-0.2, -0.15) is 0 Å². The maximum Gasteiger partial charge on any atom is 0.143 e. The lowest BCUT2D eigenvalue weighted by Gasteiger charge is -2.05. The van der Waals surface area contributed by atoms with Gasteiger partial charge in [0.05, 0.1) is 6.54 Å². The first kappa shape index (κ1) is 27.6. The number of Topliss-reactive ketones (excluding diaryl/α,β-unsaturated/α-hetero) is 1. The number of hydrogen-bond acceptors (Lipinski definition) is 2. The molecule has 1 aromatic carbocycles. The van der Waals surface area contributed by atoms with Crippen molar-refractivity contribution in [2.45, 2.75) is 81.1 Å². The molecule has 2 nitrogen and oxygen atoms in total. The summed E-state index contributed by atoms with van der Waals surface area (Å²) < 4.78 is 12.5. The summed E-state index contributed by atoms with van der Waals surface area (Å²) in [5.41, 5.74) is 6.64. The van der Waals surface area contributed by atoms with Crippen molar-refractivity contribution in [2.24, 2.45) is 11.7 Å². The molecule has 24 heavy (non-hydrogen) atoms. The van der Waals surface area contributed by atoms with E-state index in [0.29, 0.717) is 0 Å². The van der Waals surface area contributed by atoms with Crippen LogP contribution in [0.3, 0.4) is 0 Å². The van der Waals surface area contributed by atoms with Crippen LogP contribution in [0.15, 0.2) is 18.2 Å². The summed E-state index contributed by atoms with van der Waals surface area (Å²) in [6.45, 7) is 16.2. The van der Waals surface area contributed by atoms with E-state index in [2.05, 4.69) is 20.8 Å². The van der Waals surface area contributed by atoms with Gasteiger partial charge in [-0.05, 0) is 38.3 Å². The first-order chi connectivity index (χ1) is 11.3. The van der Waals surface area contributed by atoms with Gasteiger partial charge in [-0.1, -0.05) is 78.0 Å². The fraction of sp³-hybridized carbons (Fsp3) is 0.667. The normalized spacial score (nSPS) is 8.96. The molecule has 0 aliphatic heterocycles. The molecule has 3 heteroatoms. The lowest BCUT2D eigenvalue weighted by Crippen LogP contribution is -2.07. The van der Waals surface area contributed by atoms with Gasteiger partial charge in [-0.15, -0.1) is 0 Å². The number of hydrogen-bond donors (Lipinski definition) is 1. The lowest BCUT2D eigenvalue weighted by atomic mass is 10.0. The van der Waals surface area contributed by atoms with Crippen molar-refractivity contribution in [3.05, 3.63) is 35.1 Å². The van der Waals surface area contributed by atoms with E-state index in [4.69, 9.17) is 5.73 Å². The van der Waals surface area contributed by atoms with Gasteiger partial charge in [0.15, 0.2) is 0 Å². The maximum atomic E-state index is 12.5. The first-order valence-electron chi connectivity index (χ1n) is 9.20. The SMILES string of the molecule is CC.CC(=O)CN.CCCC(C)CCC.Cc1ccc(F)c(C)c1. The summed E-state index contributed by atoms with van der Waals surface area (Å²) >= 11 is 0. The van der Waals surface area contributed by atoms with Gasteiger partial charge >= 0.3 is 0 Å². The van der Waals surface area contributed by atoms with Crippen LogP contribution < -0.4 is 5.73 Å². The van der Waals surface area contributed by atoms with E-state index >= 15 is 0 Å². The topological polar surface area (TPSA) is 43.1 Å². The van der Waals surface area contributed by atoms with Crippen LogP contribution in [0.2, 0.25) is 0 Å². The van der Waals surface area contributed by atoms with Crippen molar-refractivity contribution in [1.29, 1.82) is 0 Å². The van der Waals surface area contributed by atoms with Crippen LogP contribution in [0.1, 0.15) is 78.4 Å². The van der Waals surface area contributed by atoms with Crippen molar-refractivity contribution in [3.8, 4) is 0 Å². The Morgan fingerprint density at radius 1 is 1.12 bits per heavy atom. The number of carbonyl (C=O) groups excluding carboxylic acids is 1. The maximum absolute atomic E-state index is 12.5. The molecule has 0 saturated carbocycles. The highest BCUT2D eigenvalue weighted by atomic mass is 19.1. The van der Waals surface area contributed by atoms with E-state index in [-0.39, 0.29) is 18.1 Å². The minimum absolute atomic E-state index is 0.0324. The van der Waals surface area contributed by atoms with Crippen molar-refractivity contribution >= 4 is 5.78 Å². The quantitative estimate of drug-likeness (QED) is 0.690. The Balaban J connectivity index is -0.000000272. The molecule has 2 N–H and O–H groups in total. The molecule has 0 saturated heterocycles. The molecule has 0 bridgehead atoms. The van der Waals surface area contributed by atoms with Crippen LogP contribution in [0.5, 0.6) is 0 Å². The third-order valence-electron chi connectivity index (χ3n) is 3.16. The Kier molecular flexibility index (Phi) is 22.8. The molecule has 0 aliphatic carbocycles. The first-order valence-corrected chi connectivity index (χ1v) is 9.20. The zero-order valence-corrected chi connectivity index (χ0v) is 17.2. The number of carbonyl (C=O) groups is 1. The molecule has 0 atom stereocenters. The fourth-order valence-electron chi connectivity index (χ4n) is 1.92. The van der Waals surface area contributed by atoms with E-state index in [0.717, 1.165) is 17.0 Å². The Labute approximate surface area is 150 Å². The molecule has 0 fully saturated rings. The number of aryl methyl sites for hydroxylation is 2. The lowest BCUT2D eigenvalue weighted by molar-refractivity contribution is -0.115. The average Bonchev–Trinajstić information content (AvgIpc) is 2.55. The molecular weight excluding hydrogens is 301 g/mol. The van der Waals surface area contributed by atoms with Crippen LogP contribution in [-0.4, -0.2) is 12.3 Å². The standard InChI is InChI=1S/C8H9F.C8H18.C3H7NO.C2H6/c1-6-3-4-8(9)7(2)5-6;1-4-6-8(3)7-5-2;1-3(5)2-4;1-2/h3-5H,1-2H3;8H,4-7H2,1-3H3;2,4H2,1H3;1-2H3. The molecule has 1 rings (SSSR count). The van der Waals surface area contributed by atoms with Crippen molar-refractivity contribution in [3.63, 3.8) is 0 Å². The molecule has 0 aromatic heterocycles. The molecule has 0 spiro atoms. The molecule has 142 valence electrons. The van der Waals surface area contributed by atoms with Gasteiger partial charge in [0.2, 0.25) is 0 Å². The minimum Gasteiger partial charge on any atom is -0.324 e. The monoisotopic (exact) mass is 341 g/mol. The minimum atomic E-state index is -0.124. The van der Waals surface area contributed by atoms with Crippen LogP contribution in [0, 0.1) is 25.6 Å².